The number of nitrogens with zero attached hydrogens (tertiary/aromatic N) is 2. The van der Waals surface area contributed by atoms with E-state index in [1.165, 1.54) is 75.5 Å². The number of benzene rings is 7. The first kappa shape index (κ1) is 29.8. The van der Waals surface area contributed by atoms with E-state index in [2.05, 4.69) is 153 Å². The zero-order valence-corrected chi connectivity index (χ0v) is 29.9. The monoisotopic (exact) mass is 682 g/mol. The summed E-state index contributed by atoms with van der Waals surface area (Å²) in [5.41, 5.74) is 14.9. The van der Waals surface area contributed by atoms with Crippen LogP contribution in [0.1, 0.15) is 43.4 Å². The first-order chi connectivity index (χ1) is 25.5. The van der Waals surface area contributed by atoms with E-state index in [9.17, 15) is 0 Å². The van der Waals surface area contributed by atoms with E-state index in [1.54, 1.807) is 0 Å². The lowest BCUT2D eigenvalue weighted by atomic mass is 9.77. The molecule has 0 saturated carbocycles. The third-order valence-electron chi connectivity index (χ3n) is 11.7. The van der Waals surface area contributed by atoms with Crippen LogP contribution in [0.4, 0.5) is 0 Å². The van der Waals surface area contributed by atoms with E-state index in [0.29, 0.717) is 0 Å². The van der Waals surface area contributed by atoms with Crippen LogP contribution in [0, 0.1) is 0 Å². The highest BCUT2D eigenvalue weighted by Gasteiger charge is 2.38. The van der Waals surface area contributed by atoms with Crippen LogP contribution in [0.25, 0.3) is 86.3 Å². The summed E-state index contributed by atoms with van der Waals surface area (Å²) in [4.78, 5) is 10.2. The summed E-state index contributed by atoms with van der Waals surface area (Å²) in [6.45, 7) is 4.81. The largest absolute Gasteiger partial charge is 0.252 e. The SMILES string of the molecule is CC1(C)C2=C(CCC(c3ccc4sc5ccccc5c4c3)=C2)c2ccc(-c3ccc(-c4cnc5c6ccccc6c6ccccc6c5n4)cc3)cc21. The quantitative estimate of drug-likeness (QED) is 0.173. The van der Waals surface area contributed by atoms with Crippen LogP contribution in [0.15, 0.2) is 151 Å². The number of hydrogen-bond donors (Lipinski definition) is 0. The van der Waals surface area contributed by atoms with E-state index < -0.39 is 0 Å². The second kappa shape index (κ2) is 11.0. The zero-order valence-electron chi connectivity index (χ0n) is 29.1. The molecule has 7 aromatic carbocycles. The van der Waals surface area contributed by atoms with E-state index in [-0.39, 0.29) is 5.41 Å². The van der Waals surface area contributed by atoms with Gasteiger partial charge in [-0.15, -0.1) is 11.3 Å². The molecule has 2 heterocycles. The minimum absolute atomic E-state index is 0.0703. The Labute approximate surface area is 306 Å². The minimum atomic E-state index is -0.0703. The second-order valence-electron chi connectivity index (χ2n) is 14.9. The molecule has 0 fully saturated rings. The van der Waals surface area contributed by atoms with Crippen molar-refractivity contribution in [2.75, 3.05) is 0 Å². The highest BCUT2D eigenvalue weighted by Crippen LogP contribution is 2.53. The zero-order chi connectivity index (χ0) is 34.6. The Hall–Kier alpha value is -5.90. The number of aromatic nitrogens is 2. The smallest absolute Gasteiger partial charge is 0.0979 e. The molecule has 52 heavy (non-hydrogen) atoms. The summed E-state index contributed by atoms with van der Waals surface area (Å²) in [6.07, 6.45) is 6.58. The van der Waals surface area contributed by atoms with Crippen molar-refractivity contribution in [2.24, 2.45) is 0 Å². The molecule has 0 bridgehead atoms. The third kappa shape index (κ3) is 4.36. The molecule has 0 amide bonds. The van der Waals surface area contributed by atoms with Gasteiger partial charge in [-0.1, -0.05) is 129 Å². The molecule has 0 unspecified atom stereocenters. The lowest BCUT2D eigenvalue weighted by molar-refractivity contribution is 0.652. The second-order valence-corrected chi connectivity index (χ2v) is 16.0. The van der Waals surface area contributed by atoms with Crippen LogP contribution in [-0.2, 0) is 5.41 Å². The van der Waals surface area contributed by atoms with Gasteiger partial charge < -0.3 is 0 Å². The van der Waals surface area contributed by atoms with Crippen molar-refractivity contribution in [1.82, 2.24) is 9.97 Å². The molecule has 2 aliphatic carbocycles. The van der Waals surface area contributed by atoms with Gasteiger partial charge in [0.2, 0.25) is 0 Å². The molecular weight excluding hydrogens is 649 g/mol. The molecule has 9 aromatic rings. The van der Waals surface area contributed by atoms with Crippen LogP contribution >= 0.6 is 11.3 Å². The van der Waals surface area contributed by atoms with Gasteiger partial charge >= 0.3 is 0 Å². The molecule has 0 saturated heterocycles. The van der Waals surface area contributed by atoms with E-state index in [4.69, 9.17) is 9.97 Å². The maximum absolute atomic E-state index is 5.21. The molecule has 246 valence electrons. The van der Waals surface area contributed by atoms with Gasteiger partial charge in [0.25, 0.3) is 0 Å². The Balaban J connectivity index is 0.923. The molecule has 2 nitrogen and oxygen atoms in total. The van der Waals surface area contributed by atoms with Crippen molar-refractivity contribution in [1.29, 1.82) is 0 Å². The Morgan fingerprint density at radius 2 is 1.17 bits per heavy atom. The predicted molar refractivity (Wildman–Crippen MR) is 222 cm³/mol. The van der Waals surface area contributed by atoms with Crippen LogP contribution in [0.2, 0.25) is 0 Å². The minimum Gasteiger partial charge on any atom is -0.252 e. The third-order valence-corrected chi connectivity index (χ3v) is 12.8. The maximum Gasteiger partial charge on any atom is 0.0979 e. The van der Waals surface area contributed by atoms with Gasteiger partial charge in [-0.25, -0.2) is 4.98 Å². The standard InChI is InChI=1S/C49H34N2S/c1-49(2)42-26-32(19-22-36(42)37-23-20-33(27-43(37)49)31-21-24-46-41(25-31)38-11-7-8-14-45(38)52-46)29-15-17-30(18-16-29)44-28-50-47-39-12-5-3-9-34(39)35-10-4-6-13-40(35)48(47)51-44/h3-19,21-22,24-28H,20,23H2,1-2H3. The number of fused-ring (bicyclic) bond motifs is 11. The van der Waals surface area contributed by atoms with Crippen molar-refractivity contribution in [3.8, 4) is 22.4 Å². The highest BCUT2D eigenvalue weighted by atomic mass is 32.1. The number of hydrogen-bond acceptors (Lipinski definition) is 3. The van der Waals surface area contributed by atoms with E-state index >= 15 is 0 Å². The number of thiophene rings is 1. The van der Waals surface area contributed by atoms with Crippen molar-refractivity contribution in [3.05, 3.63) is 168 Å². The van der Waals surface area contributed by atoms with Crippen molar-refractivity contribution in [3.63, 3.8) is 0 Å². The number of rotatable bonds is 3. The van der Waals surface area contributed by atoms with Crippen molar-refractivity contribution < 1.29 is 0 Å². The van der Waals surface area contributed by atoms with Gasteiger partial charge in [0.15, 0.2) is 0 Å². The summed E-state index contributed by atoms with van der Waals surface area (Å²) >= 11 is 1.89. The molecule has 0 aliphatic heterocycles. The fourth-order valence-electron chi connectivity index (χ4n) is 8.96. The van der Waals surface area contributed by atoms with Gasteiger partial charge in [-0.2, -0.15) is 0 Å². The average molecular weight is 683 g/mol. The van der Waals surface area contributed by atoms with E-state index in [1.807, 2.05) is 17.5 Å². The Morgan fingerprint density at radius 3 is 1.96 bits per heavy atom. The van der Waals surface area contributed by atoms with Crippen LogP contribution in [0.5, 0.6) is 0 Å². The van der Waals surface area contributed by atoms with Gasteiger partial charge in [-0.3, -0.25) is 4.98 Å². The Kier molecular flexibility index (Phi) is 6.33. The van der Waals surface area contributed by atoms with Crippen molar-refractivity contribution in [2.45, 2.75) is 32.1 Å². The molecular formula is C49H34N2S. The average Bonchev–Trinajstić information content (AvgIpc) is 3.68. The summed E-state index contributed by atoms with van der Waals surface area (Å²) in [6, 6.07) is 48.9. The predicted octanol–water partition coefficient (Wildman–Crippen LogP) is 13.6. The molecule has 0 N–H and O–H groups in total. The van der Waals surface area contributed by atoms with Crippen LogP contribution < -0.4 is 0 Å². The molecule has 0 atom stereocenters. The van der Waals surface area contributed by atoms with Gasteiger partial charge in [0.05, 0.1) is 22.9 Å². The summed E-state index contributed by atoms with van der Waals surface area (Å²) in [5, 5.41) is 7.44. The molecule has 2 aromatic heterocycles. The normalized spacial score (nSPS) is 15.2. The number of allylic oxidation sites excluding steroid dienone is 4. The Morgan fingerprint density at radius 1 is 0.538 bits per heavy atom. The first-order valence-corrected chi connectivity index (χ1v) is 19.0. The summed E-state index contributed by atoms with van der Waals surface area (Å²) in [7, 11) is 0. The molecule has 11 rings (SSSR count). The van der Waals surface area contributed by atoms with Gasteiger partial charge in [0, 0.05) is 41.9 Å². The fraction of sp³-hybridized carbons (Fsp3) is 0.102. The molecule has 0 spiro atoms. The van der Waals surface area contributed by atoms with Crippen LogP contribution in [-0.4, -0.2) is 9.97 Å². The summed E-state index contributed by atoms with van der Waals surface area (Å²) < 4.78 is 2.72. The molecule has 3 heteroatoms. The lowest BCUT2D eigenvalue weighted by Crippen LogP contribution is -2.17. The molecule has 2 aliphatic rings. The van der Waals surface area contributed by atoms with Crippen molar-refractivity contribution >= 4 is 75.2 Å². The molecule has 0 radical (unpaired) electrons. The lowest BCUT2D eigenvalue weighted by Gasteiger charge is -2.26. The summed E-state index contributed by atoms with van der Waals surface area (Å²) in [5.74, 6) is 0. The first-order valence-electron chi connectivity index (χ1n) is 18.2. The maximum atomic E-state index is 5.21. The van der Waals surface area contributed by atoms with Gasteiger partial charge in [0.1, 0.15) is 0 Å². The Bertz CT molecular complexity index is 2990. The van der Waals surface area contributed by atoms with E-state index in [0.717, 1.165) is 45.9 Å². The highest BCUT2D eigenvalue weighted by molar-refractivity contribution is 7.25. The van der Waals surface area contributed by atoms with Crippen LogP contribution in [0.3, 0.4) is 0 Å². The fourth-order valence-corrected chi connectivity index (χ4v) is 10.0. The topological polar surface area (TPSA) is 25.8 Å². The van der Waals surface area contributed by atoms with Gasteiger partial charge in [-0.05, 0) is 92.4 Å².